The van der Waals surface area contributed by atoms with Crippen molar-refractivity contribution >= 4 is 22.4 Å². The van der Waals surface area contributed by atoms with E-state index in [0.717, 1.165) is 5.56 Å². The Morgan fingerprint density at radius 3 is 2.95 bits per heavy atom. The smallest absolute Gasteiger partial charge is 0.226 e. The van der Waals surface area contributed by atoms with Crippen LogP contribution in [0, 0.1) is 0 Å². The summed E-state index contributed by atoms with van der Waals surface area (Å²) in [4.78, 5) is 19.8. The van der Waals surface area contributed by atoms with Gasteiger partial charge in [-0.3, -0.25) is 4.79 Å². The molecule has 2 rings (SSSR count). The number of hydrogen-bond donors (Lipinski definition) is 2. The van der Waals surface area contributed by atoms with Gasteiger partial charge in [0.25, 0.3) is 0 Å². The average molecular weight is 278 g/mol. The maximum Gasteiger partial charge on any atom is 0.226 e. The lowest BCUT2D eigenvalue weighted by Gasteiger charge is -2.04. The van der Waals surface area contributed by atoms with Gasteiger partial charge < -0.3 is 15.8 Å². The third-order valence-corrected chi connectivity index (χ3v) is 3.13. The van der Waals surface area contributed by atoms with Crippen molar-refractivity contribution in [3.8, 4) is 5.88 Å². The second kappa shape index (κ2) is 6.14. The number of amides is 1. The first-order chi connectivity index (χ1) is 9.17. The second-order valence-electron chi connectivity index (χ2n) is 3.84. The molecule has 0 unspecified atom stereocenters. The number of nitrogen functional groups attached to an aromatic ring is 1. The van der Waals surface area contributed by atoms with Crippen LogP contribution in [-0.2, 0) is 17.8 Å². The van der Waals surface area contributed by atoms with Crippen LogP contribution in [-0.4, -0.2) is 23.0 Å². The Balaban J connectivity index is 1.82. The molecule has 0 aliphatic rings. The van der Waals surface area contributed by atoms with Crippen LogP contribution in [0.2, 0.25) is 0 Å². The molecule has 2 aromatic rings. The number of pyridine rings is 1. The van der Waals surface area contributed by atoms with E-state index in [1.165, 1.54) is 11.3 Å². The fraction of sp³-hybridized carbons (Fsp3) is 0.250. The van der Waals surface area contributed by atoms with Crippen LogP contribution < -0.4 is 15.8 Å². The Labute approximate surface area is 114 Å². The van der Waals surface area contributed by atoms with Crippen molar-refractivity contribution in [3.05, 3.63) is 35.0 Å². The molecule has 1 amide bonds. The SMILES string of the molecule is COc1ccc(CNC(=O)Cc2csc(N)n2)cn1. The number of thiazole rings is 1. The maximum atomic E-state index is 11.7. The minimum Gasteiger partial charge on any atom is -0.481 e. The summed E-state index contributed by atoms with van der Waals surface area (Å²) < 4.78 is 4.96. The first kappa shape index (κ1) is 13.3. The molecule has 7 heteroatoms. The Kier molecular flexibility index (Phi) is 4.30. The number of carbonyl (C=O) groups is 1. The molecule has 0 saturated carbocycles. The highest BCUT2D eigenvalue weighted by molar-refractivity contribution is 7.13. The first-order valence-corrected chi connectivity index (χ1v) is 6.51. The molecular formula is C12H14N4O2S. The number of carbonyl (C=O) groups excluding carboxylic acids is 1. The highest BCUT2D eigenvalue weighted by Gasteiger charge is 2.06. The molecule has 2 aromatic heterocycles. The van der Waals surface area contributed by atoms with Crippen LogP contribution in [0.5, 0.6) is 5.88 Å². The van der Waals surface area contributed by atoms with Crippen molar-refractivity contribution in [2.24, 2.45) is 0 Å². The molecule has 3 N–H and O–H groups in total. The minimum absolute atomic E-state index is 0.0962. The zero-order chi connectivity index (χ0) is 13.7. The number of nitrogens with one attached hydrogen (secondary N) is 1. The minimum atomic E-state index is -0.0962. The monoisotopic (exact) mass is 278 g/mol. The molecule has 0 atom stereocenters. The van der Waals surface area contributed by atoms with Gasteiger partial charge in [-0.2, -0.15) is 0 Å². The van der Waals surface area contributed by atoms with Gasteiger partial charge in [0.05, 0.1) is 19.2 Å². The van der Waals surface area contributed by atoms with Crippen LogP contribution in [0.25, 0.3) is 0 Å². The van der Waals surface area contributed by atoms with Crippen molar-refractivity contribution in [3.63, 3.8) is 0 Å². The zero-order valence-corrected chi connectivity index (χ0v) is 11.2. The summed E-state index contributed by atoms with van der Waals surface area (Å²) in [7, 11) is 1.56. The highest BCUT2D eigenvalue weighted by atomic mass is 32.1. The lowest BCUT2D eigenvalue weighted by molar-refractivity contribution is -0.120. The van der Waals surface area contributed by atoms with E-state index < -0.39 is 0 Å². The van der Waals surface area contributed by atoms with Crippen molar-refractivity contribution in [2.45, 2.75) is 13.0 Å². The predicted molar refractivity (Wildman–Crippen MR) is 72.9 cm³/mol. The summed E-state index contributed by atoms with van der Waals surface area (Å²) in [5, 5.41) is 5.05. The van der Waals surface area contributed by atoms with Gasteiger partial charge in [0.1, 0.15) is 0 Å². The summed E-state index contributed by atoms with van der Waals surface area (Å²) in [6, 6.07) is 3.61. The molecule has 0 aliphatic carbocycles. The predicted octanol–water partition coefficient (Wildman–Crippen LogP) is 0.988. The highest BCUT2D eigenvalue weighted by Crippen LogP contribution is 2.11. The third-order valence-electron chi connectivity index (χ3n) is 2.41. The molecule has 0 spiro atoms. The van der Waals surface area contributed by atoms with Gasteiger partial charge in [-0.15, -0.1) is 11.3 Å². The zero-order valence-electron chi connectivity index (χ0n) is 10.4. The molecule has 0 bridgehead atoms. The Bertz CT molecular complexity index is 553. The van der Waals surface area contributed by atoms with E-state index in [-0.39, 0.29) is 12.3 Å². The molecule has 6 nitrogen and oxygen atoms in total. The molecule has 0 fully saturated rings. The van der Waals surface area contributed by atoms with Gasteiger partial charge >= 0.3 is 0 Å². The number of nitrogens with two attached hydrogens (primary N) is 1. The second-order valence-corrected chi connectivity index (χ2v) is 4.73. The lowest BCUT2D eigenvalue weighted by Crippen LogP contribution is -2.24. The normalized spacial score (nSPS) is 10.2. The molecular weight excluding hydrogens is 264 g/mol. The van der Waals surface area contributed by atoms with E-state index in [1.807, 2.05) is 6.07 Å². The van der Waals surface area contributed by atoms with Crippen molar-refractivity contribution < 1.29 is 9.53 Å². The largest absolute Gasteiger partial charge is 0.481 e. The quantitative estimate of drug-likeness (QED) is 0.851. The molecule has 0 saturated heterocycles. The average Bonchev–Trinajstić information content (AvgIpc) is 2.82. The van der Waals surface area contributed by atoms with Gasteiger partial charge in [-0.25, -0.2) is 9.97 Å². The van der Waals surface area contributed by atoms with E-state index in [4.69, 9.17) is 10.5 Å². The number of hydrogen-bond acceptors (Lipinski definition) is 6. The van der Waals surface area contributed by atoms with Gasteiger partial charge in [-0.1, -0.05) is 6.07 Å². The van der Waals surface area contributed by atoms with Gasteiger partial charge in [-0.05, 0) is 5.56 Å². The van der Waals surface area contributed by atoms with Crippen LogP contribution in [0.1, 0.15) is 11.3 Å². The van der Waals surface area contributed by atoms with E-state index in [0.29, 0.717) is 23.3 Å². The summed E-state index contributed by atoms with van der Waals surface area (Å²) in [5.41, 5.74) is 7.10. The Hall–Kier alpha value is -2.15. The third kappa shape index (κ3) is 3.92. The van der Waals surface area contributed by atoms with E-state index in [1.54, 1.807) is 24.8 Å². The summed E-state index contributed by atoms with van der Waals surface area (Å²) >= 11 is 1.33. The Morgan fingerprint density at radius 1 is 1.53 bits per heavy atom. The molecule has 0 aromatic carbocycles. The first-order valence-electron chi connectivity index (χ1n) is 5.63. The van der Waals surface area contributed by atoms with Gasteiger partial charge in [0, 0.05) is 24.2 Å². The molecule has 0 radical (unpaired) electrons. The van der Waals surface area contributed by atoms with Crippen molar-refractivity contribution in [1.29, 1.82) is 0 Å². The van der Waals surface area contributed by atoms with Gasteiger partial charge in [0.2, 0.25) is 11.8 Å². The molecule has 0 aliphatic heterocycles. The number of ether oxygens (including phenoxy) is 1. The van der Waals surface area contributed by atoms with E-state index in [2.05, 4.69) is 15.3 Å². The summed E-state index contributed by atoms with van der Waals surface area (Å²) in [6.45, 7) is 0.426. The standard InChI is InChI=1S/C12H14N4O2S/c1-18-11-3-2-8(6-15-11)5-14-10(17)4-9-7-19-12(13)16-9/h2-3,6-7H,4-5H2,1H3,(H2,13,16)(H,14,17). The van der Waals surface area contributed by atoms with E-state index >= 15 is 0 Å². The number of nitrogens with zero attached hydrogens (tertiary/aromatic N) is 2. The molecule has 19 heavy (non-hydrogen) atoms. The van der Waals surface area contributed by atoms with Crippen molar-refractivity contribution in [1.82, 2.24) is 15.3 Å². The summed E-state index contributed by atoms with van der Waals surface area (Å²) in [6.07, 6.45) is 1.90. The van der Waals surface area contributed by atoms with E-state index in [9.17, 15) is 4.79 Å². The number of rotatable bonds is 5. The fourth-order valence-corrected chi connectivity index (χ4v) is 2.03. The van der Waals surface area contributed by atoms with Crippen LogP contribution >= 0.6 is 11.3 Å². The van der Waals surface area contributed by atoms with Crippen LogP contribution in [0.15, 0.2) is 23.7 Å². The topological polar surface area (TPSA) is 90.1 Å². The maximum absolute atomic E-state index is 11.7. The molecule has 2 heterocycles. The van der Waals surface area contributed by atoms with Crippen LogP contribution in [0.4, 0.5) is 5.13 Å². The summed E-state index contributed by atoms with van der Waals surface area (Å²) in [5.74, 6) is 0.453. The van der Waals surface area contributed by atoms with Gasteiger partial charge in [0.15, 0.2) is 5.13 Å². The van der Waals surface area contributed by atoms with Crippen LogP contribution in [0.3, 0.4) is 0 Å². The lowest BCUT2D eigenvalue weighted by atomic mass is 10.2. The fourth-order valence-electron chi connectivity index (χ4n) is 1.47. The Morgan fingerprint density at radius 2 is 2.37 bits per heavy atom. The van der Waals surface area contributed by atoms with Crippen molar-refractivity contribution in [2.75, 3.05) is 12.8 Å². The molecule has 100 valence electrons. The number of anilines is 1. The number of aromatic nitrogens is 2. The number of methoxy groups -OCH3 is 1.